The topological polar surface area (TPSA) is 60.5 Å². The van der Waals surface area contributed by atoms with Gasteiger partial charge in [0, 0.05) is 17.6 Å². The van der Waals surface area contributed by atoms with Crippen molar-refractivity contribution in [2.75, 3.05) is 6.61 Å². The molecule has 0 radical (unpaired) electrons. The Morgan fingerprint density at radius 1 is 1.57 bits per heavy atom. The van der Waals surface area contributed by atoms with Gasteiger partial charge in [-0.2, -0.15) is 0 Å². The Kier molecular flexibility index (Phi) is 5.25. The van der Waals surface area contributed by atoms with Crippen LogP contribution in [-0.4, -0.2) is 29.6 Å². The summed E-state index contributed by atoms with van der Waals surface area (Å²) in [5.41, 5.74) is 3.25. The van der Waals surface area contributed by atoms with Crippen molar-refractivity contribution in [1.82, 2.24) is 10.3 Å². The maximum atomic E-state index is 12.4. The maximum absolute atomic E-state index is 12.4. The van der Waals surface area contributed by atoms with Gasteiger partial charge in [-0.25, -0.2) is 4.98 Å². The van der Waals surface area contributed by atoms with Crippen LogP contribution < -0.4 is 10.1 Å². The molecule has 6 heteroatoms. The number of hydrogen-bond acceptors (Lipinski definition) is 5. The van der Waals surface area contributed by atoms with E-state index in [9.17, 15) is 4.79 Å². The number of thiazole rings is 1. The van der Waals surface area contributed by atoms with E-state index in [1.54, 1.807) is 17.6 Å². The van der Waals surface area contributed by atoms with Crippen molar-refractivity contribution in [2.24, 2.45) is 0 Å². The molecule has 1 amide bonds. The Morgan fingerprint density at radius 2 is 2.48 bits per heavy atom. The van der Waals surface area contributed by atoms with E-state index >= 15 is 0 Å². The molecule has 3 rings (SSSR count). The summed E-state index contributed by atoms with van der Waals surface area (Å²) in [6, 6.07) is 7.20. The smallest absolute Gasteiger partial charge is 0.251 e. The van der Waals surface area contributed by atoms with Crippen LogP contribution in [0, 0.1) is 0 Å². The predicted octanol–water partition coefficient (Wildman–Crippen LogP) is 3.02. The zero-order valence-electron chi connectivity index (χ0n) is 13.0. The molecule has 122 valence electrons. The van der Waals surface area contributed by atoms with E-state index in [-0.39, 0.29) is 18.1 Å². The summed E-state index contributed by atoms with van der Waals surface area (Å²) in [4.78, 5) is 16.5. The molecule has 0 spiro atoms. The summed E-state index contributed by atoms with van der Waals surface area (Å²) in [6.45, 7) is 3.17. The summed E-state index contributed by atoms with van der Waals surface area (Å²) in [5, 5.41) is 4.95. The molecule has 1 aromatic carbocycles. The molecular weight excluding hydrogens is 312 g/mol. The number of nitrogens with one attached hydrogen (secondary N) is 1. The third-order valence-electron chi connectivity index (χ3n) is 3.85. The van der Waals surface area contributed by atoms with Crippen molar-refractivity contribution < 1.29 is 14.3 Å². The highest BCUT2D eigenvalue weighted by Crippen LogP contribution is 2.18. The largest absolute Gasteiger partial charge is 0.487 e. The number of rotatable bonds is 6. The molecule has 1 aliphatic rings. The van der Waals surface area contributed by atoms with Gasteiger partial charge in [0.2, 0.25) is 0 Å². The average molecular weight is 332 g/mol. The van der Waals surface area contributed by atoms with Gasteiger partial charge < -0.3 is 14.8 Å². The second kappa shape index (κ2) is 7.57. The first-order chi connectivity index (χ1) is 11.2. The average Bonchev–Trinajstić information content (AvgIpc) is 3.26. The summed E-state index contributed by atoms with van der Waals surface area (Å²) in [5.74, 6) is 0.558. The Labute approximate surface area is 139 Å². The lowest BCUT2D eigenvalue weighted by atomic mass is 10.1. The first kappa shape index (κ1) is 16.0. The molecule has 1 fully saturated rings. The van der Waals surface area contributed by atoms with E-state index in [2.05, 4.69) is 10.3 Å². The van der Waals surface area contributed by atoms with E-state index in [1.807, 2.05) is 24.4 Å². The molecule has 1 aliphatic heterocycles. The zero-order chi connectivity index (χ0) is 16.1. The van der Waals surface area contributed by atoms with Crippen LogP contribution in [-0.2, 0) is 11.3 Å². The fourth-order valence-corrected chi connectivity index (χ4v) is 3.12. The molecule has 23 heavy (non-hydrogen) atoms. The quantitative estimate of drug-likeness (QED) is 0.883. The molecule has 2 atom stereocenters. The normalized spacial score (nSPS) is 18.6. The molecule has 2 aromatic rings. The highest BCUT2D eigenvalue weighted by molar-refractivity contribution is 7.07. The lowest BCUT2D eigenvalue weighted by Crippen LogP contribution is -2.40. The summed E-state index contributed by atoms with van der Waals surface area (Å²) in [6.07, 6.45) is 2.17. The minimum absolute atomic E-state index is 0.00424. The Balaban J connectivity index is 1.58. The van der Waals surface area contributed by atoms with E-state index in [0.29, 0.717) is 17.9 Å². The van der Waals surface area contributed by atoms with Gasteiger partial charge in [-0.15, -0.1) is 11.3 Å². The van der Waals surface area contributed by atoms with Gasteiger partial charge in [0.1, 0.15) is 12.4 Å². The highest BCUT2D eigenvalue weighted by atomic mass is 32.1. The van der Waals surface area contributed by atoms with Crippen LogP contribution in [0.3, 0.4) is 0 Å². The lowest BCUT2D eigenvalue weighted by molar-refractivity contribution is 0.0712. The second-order valence-electron chi connectivity index (χ2n) is 5.61. The number of benzene rings is 1. The van der Waals surface area contributed by atoms with Crippen molar-refractivity contribution in [3.8, 4) is 5.75 Å². The van der Waals surface area contributed by atoms with Crippen LogP contribution in [0.2, 0.25) is 0 Å². The van der Waals surface area contributed by atoms with Crippen molar-refractivity contribution in [3.63, 3.8) is 0 Å². The van der Waals surface area contributed by atoms with Crippen LogP contribution in [0.4, 0.5) is 0 Å². The number of amides is 1. The van der Waals surface area contributed by atoms with Crippen molar-refractivity contribution in [3.05, 3.63) is 46.4 Å². The second-order valence-corrected chi connectivity index (χ2v) is 6.33. The molecule has 0 aliphatic carbocycles. The van der Waals surface area contributed by atoms with Crippen molar-refractivity contribution in [1.29, 1.82) is 0 Å². The Morgan fingerprint density at radius 3 is 3.22 bits per heavy atom. The van der Waals surface area contributed by atoms with Crippen LogP contribution in [0.5, 0.6) is 5.75 Å². The predicted molar refractivity (Wildman–Crippen MR) is 88.8 cm³/mol. The number of carbonyl (C=O) groups is 1. The molecule has 2 heterocycles. The van der Waals surface area contributed by atoms with Crippen molar-refractivity contribution >= 4 is 17.2 Å². The first-order valence-electron chi connectivity index (χ1n) is 7.75. The summed E-state index contributed by atoms with van der Waals surface area (Å²) >= 11 is 1.53. The minimum Gasteiger partial charge on any atom is -0.487 e. The molecule has 1 saturated heterocycles. The standard InChI is InChI=1S/C17H20N2O3S/c1-12(16-6-3-7-21-16)19-17(20)13-4-2-5-15(8-13)22-9-14-10-23-11-18-14/h2,4-5,8,10-12,16H,3,6-7,9H2,1H3,(H,19,20)/t12-,16-/m1/s1. The number of carbonyl (C=O) groups excluding carboxylic acids is 1. The van der Waals surface area contributed by atoms with Gasteiger partial charge in [-0.3, -0.25) is 4.79 Å². The fraction of sp³-hybridized carbons (Fsp3) is 0.412. The molecule has 5 nitrogen and oxygen atoms in total. The number of aromatic nitrogens is 1. The van der Waals surface area contributed by atoms with E-state index in [4.69, 9.17) is 9.47 Å². The van der Waals surface area contributed by atoms with Crippen LogP contribution in [0.25, 0.3) is 0 Å². The van der Waals surface area contributed by atoms with E-state index in [0.717, 1.165) is 25.1 Å². The molecule has 0 bridgehead atoms. The van der Waals surface area contributed by atoms with E-state index in [1.165, 1.54) is 11.3 Å². The zero-order valence-corrected chi connectivity index (χ0v) is 13.8. The summed E-state index contributed by atoms with van der Waals surface area (Å²) in [7, 11) is 0. The van der Waals surface area contributed by atoms with Crippen LogP contribution in [0.1, 0.15) is 35.8 Å². The van der Waals surface area contributed by atoms with E-state index < -0.39 is 0 Å². The SMILES string of the molecule is C[C@@H](NC(=O)c1cccc(OCc2cscn2)c1)[C@H]1CCCO1. The fourth-order valence-electron chi connectivity index (χ4n) is 2.57. The lowest BCUT2D eigenvalue weighted by Gasteiger charge is -2.20. The third kappa shape index (κ3) is 4.30. The van der Waals surface area contributed by atoms with Gasteiger partial charge in [-0.05, 0) is 38.0 Å². The highest BCUT2D eigenvalue weighted by Gasteiger charge is 2.24. The van der Waals surface area contributed by atoms with Gasteiger partial charge >= 0.3 is 0 Å². The molecule has 0 unspecified atom stereocenters. The first-order valence-corrected chi connectivity index (χ1v) is 8.69. The third-order valence-corrected chi connectivity index (χ3v) is 4.48. The van der Waals surface area contributed by atoms with Gasteiger partial charge in [0.15, 0.2) is 0 Å². The van der Waals surface area contributed by atoms with Crippen LogP contribution >= 0.6 is 11.3 Å². The molecular formula is C17H20N2O3S. The Bertz CT molecular complexity index is 639. The van der Waals surface area contributed by atoms with Gasteiger partial charge in [0.25, 0.3) is 5.91 Å². The van der Waals surface area contributed by atoms with Crippen LogP contribution in [0.15, 0.2) is 35.2 Å². The van der Waals surface area contributed by atoms with Crippen molar-refractivity contribution in [2.45, 2.75) is 38.5 Å². The Hall–Kier alpha value is -1.92. The number of nitrogens with zero attached hydrogens (tertiary/aromatic N) is 1. The maximum Gasteiger partial charge on any atom is 0.251 e. The van der Waals surface area contributed by atoms with Gasteiger partial charge in [0.05, 0.1) is 23.4 Å². The summed E-state index contributed by atoms with van der Waals surface area (Å²) < 4.78 is 11.3. The monoisotopic (exact) mass is 332 g/mol. The molecule has 1 N–H and O–H groups in total. The minimum atomic E-state index is -0.105. The molecule has 1 aromatic heterocycles. The number of hydrogen-bond donors (Lipinski definition) is 1. The van der Waals surface area contributed by atoms with Gasteiger partial charge in [-0.1, -0.05) is 6.07 Å². The molecule has 0 saturated carbocycles. The number of ether oxygens (including phenoxy) is 2.